The van der Waals surface area contributed by atoms with E-state index in [0.717, 1.165) is 29.9 Å². The number of fused-ring (bicyclic) bond motifs is 1. The van der Waals surface area contributed by atoms with Crippen LogP contribution in [0.3, 0.4) is 0 Å². The smallest absolute Gasteiger partial charge is 0.270 e. The highest BCUT2D eigenvalue weighted by atomic mass is 16.7. The van der Waals surface area contributed by atoms with Crippen molar-refractivity contribution in [3.63, 3.8) is 0 Å². The molecule has 0 spiro atoms. The average molecular weight is 368 g/mol. The minimum Gasteiger partial charge on any atom is -0.454 e. The van der Waals surface area contributed by atoms with E-state index in [1.807, 2.05) is 18.2 Å². The van der Waals surface area contributed by atoms with Crippen LogP contribution in [0.25, 0.3) is 0 Å². The van der Waals surface area contributed by atoms with Crippen molar-refractivity contribution < 1.29 is 14.3 Å². The molecule has 0 atom stereocenters. The number of carbonyl (C=O) groups excluding carboxylic acids is 1. The molecule has 2 N–H and O–H groups in total. The highest BCUT2D eigenvalue weighted by Gasteiger charge is 2.18. The maximum atomic E-state index is 12.6. The van der Waals surface area contributed by atoms with Gasteiger partial charge in [-0.15, -0.1) is 0 Å². The zero-order valence-electron chi connectivity index (χ0n) is 15.5. The topological polar surface area (TPSA) is 85.4 Å². The third-order valence-corrected chi connectivity index (χ3v) is 4.92. The van der Waals surface area contributed by atoms with Crippen molar-refractivity contribution in [2.75, 3.05) is 12.1 Å². The van der Waals surface area contributed by atoms with Crippen molar-refractivity contribution >= 4 is 11.7 Å². The highest BCUT2D eigenvalue weighted by Crippen LogP contribution is 2.32. The molecule has 7 nitrogen and oxygen atoms in total. The number of aromatic nitrogens is 2. The molecule has 1 aliphatic carbocycles. The normalized spacial score (nSPS) is 16.2. The van der Waals surface area contributed by atoms with Gasteiger partial charge in [0.2, 0.25) is 6.79 Å². The Morgan fingerprint density at radius 1 is 1.11 bits per heavy atom. The lowest BCUT2D eigenvalue weighted by atomic mass is 9.95. The van der Waals surface area contributed by atoms with E-state index in [4.69, 9.17) is 9.47 Å². The number of carbonyl (C=O) groups is 1. The molecule has 0 bridgehead atoms. The molecule has 2 heterocycles. The predicted molar refractivity (Wildman–Crippen MR) is 101 cm³/mol. The molecular formula is C20H24N4O3. The van der Waals surface area contributed by atoms with Crippen molar-refractivity contribution in [3.8, 4) is 11.5 Å². The van der Waals surface area contributed by atoms with Crippen LogP contribution in [0.2, 0.25) is 0 Å². The molecule has 0 radical (unpaired) electrons. The molecule has 1 saturated carbocycles. The van der Waals surface area contributed by atoms with Gasteiger partial charge in [0.1, 0.15) is 17.3 Å². The first-order chi connectivity index (χ1) is 13.2. The molecule has 7 heteroatoms. The number of nitrogens with one attached hydrogen (secondary N) is 2. The van der Waals surface area contributed by atoms with E-state index >= 15 is 0 Å². The molecule has 1 aromatic carbocycles. The van der Waals surface area contributed by atoms with Crippen molar-refractivity contribution in [1.82, 2.24) is 15.3 Å². The summed E-state index contributed by atoms with van der Waals surface area (Å²) in [4.78, 5) is 21.3. The van der Waals surface area contributed by atoms with Gasteiger partial charge in [-0.3, -0.25) is 4.79 Å². The van der Waals surface area contributed by atoms with Crippen LogP contribution in [0.4, 0.5) is 5.82 Å². The SMILES string of the molecule is Cc1nc(NCc2ccc3c(c2)OCO3)cc(C(=O)NC2CCCCC2)n1. The molecule has 1 aliphatic heterocycles. The molecule has 0 unspecified atom stereocenters. The maximum absolute atomic E-state index is 12.6. The maximum Gasteiger partial charge on any atom is 0.270 e. The van der Waals surface area contributed by atoms with E-state index < -0.39 is 0 Å². The Hall–Kier alpha value is -2.83. The van der Waals surface area contributed by atoms with Gasteiger partial charge in [0.15, 0.2) is 11.5 Å². The second-order valence-corrected chi connectivity index (χ2v) is 7.04. The summed E-state index contributed by atoms with van der Waals surface area (Å²) in [6, 6.07) is 7.78. The van der Waals surface area contributed by atoms with Crippen molar-refractivity contribution in [1.29, 1.82) is 0 Å². The van der Waals surface area contributed by atoms with Gasteiger partial charge in [-0.05, 0) is 37.5 Å². The Labute approximate surface area is 158 Å². The number of anilines is 1. The molecule has 2 aromatic rings. The van der Waals surface area contributed by atoms with E-state index in [-0.39, 0.29) is 18.7 Å². The summed E-state index contributed by atoms with van der Waals surface area (Å²) in [6.07, 6.45) is 5.70. The van der Waals surface area contributed by atoms with Crippen molar-refractivity contribution in [2.24, 2.45) is 0 Å². The summed E-state index contributed by atoms with van der Waals surface area (Å²) < 4.78 is 10.7. The van der Waals surface area contributed by atoms with Crippen molar-refractivity contribution in [2.45, 2.75) is 51.6 Å². The van der Waals surface area contributed by atoms with Gasteiger partial charge in [0.25, 0.3) is 5.91 Å². The Kier molecular flexibility index (Phi) is 5.09. The van der Waals surface area contributed by atoms with E-state index in [9.17, 15) is 4.79 Å². The summed E-state index contributed by atoms with van der Waals surface area (Å²) >= 11 is 0. The first kappa shape index (κ1) is 17.6. The Bertz CT molecular complexity index is 834. The first-order valence-electron chi connectivity index (χ1n) is 9.46. The van der Waals surface area contributed by atoms with E-state index in [1.165, 1.54) is 19.3 Å². The molecule has 0 saturated heterocycles. The number of rotatable bonds is 5. The second kappa shape index (κ2) is 7.82. The summed E-state index contributed by atoms with van der Waals surface area (Å²) in [5.41, 5.74) is 1.45. The number of aryl methyl sites for hydroxylation is 1. The lowest BCUT2D eigenvalue weighted by molar-refractivity contribution is 0.0922. The molecular weight excluding hydrogens is 344 g/mol. The van der Waals surface area contributed by atoms with Crippen LogP contribution in [0.15, 0.2) is 24.3 Å². The van der Waals surface area contributed by atoms with E-state index in [1.54, 1.807) is 13.0 Å². The fourth-order valence-corrected chi connectivity index (χ4v) is 3.52. The third kappa shape index (κ3) is 4.30. The van der Waals surface area contributed by atoms with Crippen LogP contribution in [-0.2, 0) is 6.54 Å². The number of nitrogens with zero attached hydrogens (tertiary/aromatic N) is 2. The predicted octanol–water partition coefficient (Wildman–Crippen LogP) is 3.19. The number of benzene rings is 1. The zero-order chi connectivity index (χ0) is 18.6. The van der Waals surface area contributed by atoms with Gasteiger partial charge in [-0.25, -0.2) is 9.97 Å². The standard InChI is InChI=1S/C20H24N4O3/c1-13-22-16(20(25)24-15-5-3-2-4-6-15)10-19(23-13)21-11-14-7-8-17-18(9-14)27-12-26-17/h7-10,15H,2-6,11-12H2,1H3,(H,24,25)(H,21,22,23). The van der Waals surface area contributed by atoms with Crippen LogP contribution >= 0.6 is 0 Å². The summed E-state index contributed by atoms with van der Waals surface area (Å²) in [5, 5.41) is 6.37. The van der Waals surface area contributed by atoms with Crippen LogP contribution < -0.4 is 20.1 Å². The number of hydrogen-bond acceptors (Lipinski definition) is 6. The Morgan fingerprint density at radius 3 is 2.78 bits per heavy atom. The monoisotopic (exact) mass is 368 g/mol. The Balaban J connectivity index is 1.41. The quantitative estimate of drug-likeness (QED) is 0.843. The zero-order valence-corrected chi connectivity index (χ0v) is 15.5. The van der Waals surface area contributed by atoms with Gasteiger partial charge in [0, 0.05) is 18.7 Å². The largest absolute Gasteiger partial charge is 0.454 e. The molecule has 27 heavy (non-hydrogen) atoms. The van der Waals surface area contributed by atoms with Crippen LogP contribution in [0, 0.1) is 6.92 Å². The van der Waals surface area contributed by atoms with Crippen molar-refractivity contribution in [3.05, 3.63) is 41.3 Å². The number of amides is 1. The van der Waals surface area contributed by atoms with Crippen LogP contribution in [0.5, 0.6) is 11.5 Å². The summed E-state index contributed by atoms with van der Waals surface area (Å²) in [6.45, 7) is 2.62. The van der Waals surface area contributed by atoms with Gasteiger partial charge in [0.05, 0.1) is 0 Å². The minimum absolute atomic E-state index is 0.126. The molecule has 1 fully saturated rings. The second-order valence-electron chi connectivity index (χ2n) is 7.04. The Morgan fingerprint density at radius 2 is 1.93 bits per heavy atom. The lowest BCUT2D eigenvalue weighted by Gasteiger charge is -2.22. The van der Waals surface area contributed by atoms with Crippen LogP contribution in [0.1, 0.15) is 54.0 Å². The first-order valence-corrected chi connectivity index (χ1v) is 9.46. The molecule has 142 valence electrons. The minimum atomic E-state index is -0.126. The average Bonchev–Trinajstić information content (AvgIpc) is 3.14. The molecule has 1 amide bonds. The van der Waals surface area contributed by atoms with Gasteiger partial charge < -0.3 is 20.1 Å². The number of hydrogen-bond donors (Lipinski definition) is 2. The van der Waals surface area contributed by atoms with E-state index in [0.29, 0.717) is 23.9 Å². The summed E-state index contributed by atoms with van der Waals surface area (Å²) in [7, 11) is 0. The van der Waals surface area contributed by atoms with Crippen LogP contribution in [-0.4, -0.2) is 28.7 Å². The van der Waals surface area contributed by atoms with E-state index in [2.05, 4.69) is 20.6 Å². The highest BCUT2D eigenvalue weighted by molar-refractivity contribution is 5.93. The van der Waals surface area contributed by atoms with Gasteiger partial charge in [-0.1, -0.05) is 25.3 Å². The number of ether oxygens (including phenoxy) is 2. The third-order valence-electron chi connectivity index (χ3n) is 4.92. The fraction of sp³-hybridized carbons (Fsp3) is 0.450. The molecule has 1 aromatic heterocycles. The fourth-order valence-electron chi connectivity index (χ4n) is 3.52. The van der Waals surface area contributed by atoms with Gasteiger partial charge in [-0.2, -0.15) is 0 Å². The lowest BCUT2D eigenvalue weighted by Crippen LogP contribution is -2.36. The molecule has 4 rings (SSSR count). The molecule has 2 aliphatic rings. The van der Waals surface area contributed by atoms with Gasteiger partial charge >= 0.3 is 0 Å². The summed E-state index contributed by atoms with van der Waals surface area (Å²) in [5.74, 6) is 2.59.